The van der Waals surface area contributed by atoms with E-state index >= 15 is 0 Å². The van der Waals surface area contributed by atoms with Crippen molar-refractivity contribution in [1.82, 2.24) is 9.21 Å². The minimum atomic E-state index is -3.36. The molecule has 0 spiro atoms. The molecule has 0 unspecified atom stereocenters. The maximum atomic E-state index is 12.5. The number of sulfonamides is 1. The van der Waals surface area contributed by atoms with Crippen molar-refractivity contribution in [3.63, 3.8) is 0 Å². The zero-order valence-electron chi connectivity index (χ0n) is 11.1. The quantitative estimate of drug-likeness (QED) is 0.804. The number of hydrogen-bond donors (Lipinski definition) is 0. The Hall–Kier alpha value is -0.910. The van der Waals surface area contributed by atoms with E-state index in [0.717, 1.165) is 24.2 Å². The Kier molecular flexibility index (Phi) is 3.75. The minimum absolute atomic E-state index is 0.387. The summed E-state index contributed by atoms with van der Waals surface area (Å²) in [6.45, 7) is 6.45. The first kappa shape index (κ1) is 13.5. The molecule has 0 amide bonds. The third-order valence-electron chi connectivity index (χ3n) is 3.33. The van der Waals surface area contributed by atoms with Gasteiger partial charge in [0.05, 0.1) is 4.90 Å². The molecule has 99 valence electrons. The zero-order chi connectivity index (χ0) is 13.3. The van der Waals surface area contributed by atoms with E-state index in [9.17, 15) is 8.42 Å². The molecule has 1 aliphatic heterocycles. The first-order valence-corrected chi connectivity index (χ1v) is 7.53. The monoisotopic (exact) mass is 267 g/mol. The number of aryl methyl sites for hydroxylation is 2. The Labute approximate surface area is 109 Å². The number of benzene rings is 1. The molecule has 1 aromatic carbocycles. The average Bonchev–Trinajstić information content (AvgIpc) is 2.29. The van der Waals surface area contributed by atoms with Crippen LogP contribution in [0.25, 0.3) is 0 Å². The summed E-state index contributed by atoms with van der Waals surface area (Å²) < 4.78 is 26.6. The second-order valence-corrected chi connectivity index (χ2v) is 6.78. The second kappa shape index (κ2) is 4.99. The molecule has 1 aliphatic rings. The predicted molar refractivity (Wildman–Crippen MR) is 71.0 cm³/mol. The van der Waals surface area contributed by atoms with Crippen LogP contribution in [-0.4, -0.2) is 50.8 Å². The molecule has 0 saturated carbocycles. The molecular weight excluding hydrogens is 248 g/mol. The van der Waals surface area contributed by atoms with Gasteiger partial charge in [-0.05, 0) is 44.2 Å². The normalized spacial score (nSPS) is 19.1. The smallest absolute Gasteiger partial charge is 0.243 e. The van der Waals surface area contributed by atoms with Crippen molar-refractivity contribution in [2.24, 2.45) is 0 Å². The Balaban J connectivity index is 2.30. The number of rotatable bonds is 2. The van der Waals surface area contributed by atoms with E-state index in [-0.39, 0.29) is 0 Å². The lowest BCUT2D eigenvalue weighted by Crippen LogP contribution is -2.47. The summed E-state index contributed by atoms with van der Waals surface area (Å²) in [5.41, 5.74) is 1.76. The van der Waals surface area contributed by atoms with Crippen LogP contribution < -0.4 is 0 Å². The van der Waals surface area contributed by atoms with Crippen LogP contribution >= 0.6 is 0 Å². The molecule has 1 radical (unpaired) electrons. The fourth-order valence-electron chi connectivity index (χ4n) is 2.18. The topological polar surface area (TPSA) is 40.6 Å². The third kappa shape index (κ3) is 2.58. The zero-order valence-corrected chi connectivity index (χ0v) is 11.9. The van der Waals surface area contributed by atoms with Crippen LogP contribution in [0.1, 0.15) is 11.1 Å². The first-order valence-electron chi connectivity index (χ1n) is 6.09. The Bertz CT molecular complexity index is 532. The van der Waals surface area contributed by atoms with Gasteiger partial charge in [0.15, 0.2) is 0 Å². The van der Waals surface area contributed by atoms with E-state index in [1.807, 2.05) is 27.0 Å². The lowest BCUT2D eigenvalue weighted by Gasteiger charge is -2.31. The molecule has 4 nitrogen and oxygen atoms in total. The maximum absolute atomic E-state index is 12.5. The molecule has 2 rings (SSSR count). The van der Waals surface area contributed by atoms with Gasteiger partial charge in [0.2, 0.25) is 10.0 Å². The molecule has 0 N–H and O–H groups in total. The second-order valence-electron chi connectivity index (χ2n) is 4.87. The molecule has 1 aromatic rings. The fourth-order valence-corrected chi connectivity index (χ4v) is 3.77. The summed E-state index contributed by atoms with van der Waals surface area (Å²) in [5.74, 6) is 0. The Morgan fingerprint density at radius 1 is 1.17 bits per heavy atom. The van der Waals surface area contributed by atoms with Gasteiger partial charge in [-0.3, -0.25) is 0 Å². The van der Waals surface area contributed by atoms with Crippen molar-refractivity contribution in [2.75, 3.05) is 33.2 Å². The highest BCUT2D eigenvalue weighted by Gasteiger charge is 2.28. The fraction of sp³-hybridized carbons (Fsp3) is 0.538. The molecular formula is C13H19N2O2S. The maximum Gasteiger partial charge on any atom is 0.243 e. The van der Waals surface area contributed by atoms with Crippen molar-refractivity contribution in [1.29, 1.82) is 0 Å². The van der Waals surface area contributed by atoms with Crippen molar-refractivity contribution >= 4 is 10.0 Å². The van der Waals surface area contributed by atoms with Crippen LogP contribution in [-0.2, 0) is 10.0 Å². The molecule has 18 heavy (non-hydrogen) atoms. The molecule has 5 heteroatoms. The lowest BCUT2D eigenvalue weighted by molar-refractivity contribution is 0.222. The van der Waals surface area contributed by atoms with E-state index in [4.69, 9.17) is 0 Å². The summed E-state index contributed by atoms with van der Waals surface area (Å²) >= 11 is 0. The van der Waals surface area contributed by atoms with Crippen LogP contribution in [0.5, 0.6) is 0 Å². The van der Waals surface area contributed by atoms with Crippen molar-refractivity contribution in [3.05, 3.63) is 29.3 Å². The summed E-state index contributed by atoms with van der Waals surface area (Å²) in [6, 6.07) is 6.44. The van der Waals surface area contributed by atoms with Gasteiger partial charge in [0, 0.05) is 26.2 Å². The number of likely N-dealkylation sites (N-methyl/N-ethyl adjacent to an activating group) is 1. The predicted octanol–water partition coefficient (Wildman–Crippen LogP) is 1.04. The van der Waals surface area contributed by atoms with E-state index in [1.165, 1.54) is 0 Å². The third-order valence-corrected chi connectivity index (χ3v) is 5.37. The molecule has 0 atom stereocenters. The molecule has 1 saturated heterocycles. The van der Waals surface area contributed by atoms with E-state index in [0.29, 0.717) is 18.0 Å². The standard InChI is InChI=1S/C13H19N2O2S/c1-11-4-5-13(12(2)10-11)18(16,17)15-8-6-14(3)7-9-15/h5,10H,6-9H2,1-3H3. The van der Waals surface area contributed by atoms with E-state index < -0.39 is 10.0 Å². The highest BCUT2D eigenvalue weighted by Crippen LogP contribution is 2.21. The Morgan fingerprint density at radius 3 is 2.33 bits per heavy atom. The highest BCUT2D eigenvalue weighted by atomic mass is 32.2. The molecule has 0 aliphatic carbocycles. The van der Waals surface area contributed by atoms with Crippen molar-refractivity contribution < 1.29 is 8.42 Å². The average molecular weight is 267 g/mol. The van der Waals surface area contributed by atoms with Crippen LogP contribution in [0.2, 0.25) is 0 Å². The van der Waals surface area contributed by atoms with Crippen LogP contribution in [0, 0.1) is 19.9 Å². The SMILES string of the molecule is Cc1[c]cc(S(=O)(=O)N2CCN(C)CC2)c(C)c1. The van der Waals surface area contributed by atoms with E-state index in [1.54, 1.807) is 10.4 Å². The summed E-state index contributed by atoms with van der Waals surface area (Å²) in [7, 11) is -1.35. The van der Waals surface area contributed by atoms with E-state index in [2.05, 4.69) is 11.0 Å². The largest absolute Gasteiger partial charge is 0.304 e. The summed E-state index contributed by atoms with van der Waals surface area (Å²) in [4.78, 5) is 2.53. The van der Waals surface area contributed by atoms with Gasteiger partial charge in [-0.25, -0.2) is 8.42 Å². The van der Waals surface area contributed by atoms with Gasteiger partial charge >= 0.3 is 0 Å². The van der Waals surface area contributed by atoms with Crippen LogP contribution in [0.4, 0.5) is 0 Å². The minimum Gasteiger partial charge on any atom is -0.304 e. The lowest BCUT2D eigenvalue weighted by atomic mass is 10.2. The molecule has 1 fully saturated rings. The molecule has 0 bridgehead atoms. The molecule has 1 heterocycles. The number of piperazine rings is 1. The highest BCUT2D eigenvalue weighted by molar-refractivity contribution is 7.89. The van der Waals surface area contributed by atoms with Gasteiger partial charge in [-0.15, -0.1) is 0 Å². The van der Waals surface area contributed by atoms with Crippen molar-refractivity contribution in [3.8, 4) is 0 Å². The first-order chi connectivity index (χ1) is 8.41. The molecule has 0 aromatic heterocycles. The summed E-state index contributed by atoms with van der Waals surface area (Å²) in [5, 5.41) is 0. The van der Waals surface area contributed by atoms with Gasteiger partial charge in [-0.2, -0.15) is 4.31 Å². The van der Waals surface area contributed by atoms with Crippen LogP contribution in [0.3, 0.4) is 0 Å². The number of hydrogen-bond acceptors (Lipinski definition) is 3. The van der Waals surface area contributed by atoms with Gasteiger partial charge in [0.25, 0.3) is 0 Å². The van der Waals surface area contributed by atoms with Gasteiger partial charge in [0.1, 0.15) is 0 Å². The van der Waals surface area contributed by atoms with Crippen molar-refractivity contribution in [2.45, 2.75) is 18.7 Å². The summed E-state index contributed by atoms with van der Waals surface area (Å²) in [6.07, 6.45) is 0. The Morgan fingerprint density at radius 2 is 1.78 bits per heavy atom. The van der Waals surface area contributed by atoms with Gasteiger partial charge in [-0.1, -0.05) is 6.07 Å². The van der Waals surface area contributed by atoms with Crippen LogP contribution in [0.15, 0.2) is 17.0 Å². The van der Waals surface area contributed by atoms with Gasteiger partial charge < -0.3 is 4.90 Å². The number of nitrogens with zero attached hydrogens (tertiary/aromatic N) is 2.